The van der Waals surface area contributed by atoms with E-state index in [9.17, 15) is 4.39 Å². The molecular weight excluding hydrogens is 253 g/mol. The van der Waals surface area contributed by atoms with Gasteiger partial charge in [-0.05, 0) is 38.4 Å². The zero-order valence-corrected chi connectivity index (χ0v) is 12.2. The number of benzene rings is 1. The number of para-hydroxylation sites is 1. The van der Waals surface area contributed by atoms with E-state index in [1.807, 2.05) is 12.1 Å². The lowest BCUT2D eigenvalue weighted by molar-refractivity contribution is 0.193. The molecule has 2 fully saturated rings. The topological polar surface area (TPSA) is 18.5 Å². The predicted octanol–water partition coefficient (Wildman–Crippen LogP) is 2.09. The van der Waals surface area contributed by atoms with Crippen LogP contribution in [0, 0.1) is 5.82 Å². The second-order valence-electron chi connectivity index (χ2n) is 6.31. The maximum atomic E-state index is 13.8. The van der Waals surface area contributed by atoms with Crippen molar-refractivity contribution in [3.05, 3.63) is 30.1 Å². The summed E-state index contributed by atoms with van der Waals surface area (Å²) in [6, 6.07) is 7.09. The number of hydrogen-bond acceptors (Lipinski definition) is 3. The lowest BCUT2D eigenvalue weighted by atomic mass is 9.99. The van der Waals surface area contributed by atoms with E-state index >= 15 is 0 Å². The molecule has 1 aromatic carbocycles. The van der Waals surface area contributed by atoms with Gasteiger partial charge in [0.15, 0.2) is 0 Å². The molecule has 2 saturated heterocycles. The van der Waals surface area contributed by atoms with Gasteiger partial charge in [0, 0.05) is 38.3 Å². The summed E-state index contributed by atoms with van der Waals surface area (Å²) < 4.78 is 13.8. The van der Waals surface area contributed by atoms with Crippen molar-refractivity contribution in [3.63, 3.8) is 0 Å². The highest BCUT2D eigenvalue weighted by Gasteiger charge is 2.31. The maximum Gasteiger partial charge on any atom is 0.146 e. The number of nitrogens with zero attached hydrogens (tertiary/aromatic N) is 2. The van der Waals surface area contributed by atoms with E-state index in [-0.39, 0.29) is 11.4 Å². The van der Waals surface area contributed by atoms with Crippen molar-refractivity contribution >= 4 is 5.69 Å². The van der Waals surface area contributed by atoms with Gasteiger partial charge in [-0.1, -0.05) is 12.1 Å². The van der Waals surface area contributed by atoms with Crippen LogP contribution in [0.5, 0.6) is 0 Å². The first-order valence-electron chi connectivity index (χ1n) is 7.63. The first-order valence-corrected chi connectivity index (χ1v) is 7.63. The van der Waals surface area contributed by atoms with Crippen LogP contribution in [0.15, 0.2) is 24.3 Å². The molecule has 1 N–H and O–H groups in total. The van der Waals surface area contributed by atoms with E-state index in [1.165, 1.54) is 12.8 Å². The molecule has 1 aromatic rings. The Morgan fingerprint density at radius 2 is 1.95 bits per heavy atom. The van der Waals surface area contributed by atoms with Gasteiger partial charge in [-0.2, -0.15) is 0 Å². The van der Waals surface area contributed by atoms with Gasteiger partial charge in [0.2, 0.25) is 0 Å². The van der Waals surface area contributed by atoms with Crippen LogP contribution in [-0.4, -0.2) is 49.7 Å². The van der Waals surface area contributed by atoms with Crippen LogP contribution in [0.25, 0.3) is 0 Å². The van der Waals surface area contributed by atoms with Gasteiger partial charge in [0.05, 0.1) is 5.69 Å². The fourth-order valence-electron chi connectivity index (χ4n) is 3.44. The van der Waals surface area contributed by atoms with Crippen LogP contribution in [0.3, 0.4) is 0 Å². The monoisotopic (exact) mass is 277 g/mol. The molecule has 3 rings (SSSR count). The number of halogens is 1. The Morgan fingerprint density at radius 1 is 1.20 bits per heavy atom. The minimum atomic E-state index is -0.106. The smallest absolute Gasteiger partial charge is 0.146 e. The standard InChI is InChI=1S/C16H24FN3/c1-16(7-4-8-18-16)13-19-9-11-20(12-10-19)15-6-3-2-5-14(15)17/h2-3,5-6,18H,4,7-13H2,1H3. The van der Waals surface area contributed by atoms with Crippen molar-refractivity contribution in [2.75, 3.05) is 44.2 Å². The lowest BCUT2D eigenvalue weighted by Gasteiger charge is -2.40. The second-order valence-corrected chi connectivity index (χ2v) is 6.31. The van der Waals surface area contributed by atoms with Gasteiger partial charge >= 0.3 is 0 Å². The van der Waals surface area contributed by atoms with Crippen molar-refractivity contribution in [3.8, 4) is 0 Å². The van der Waals surface area contributed by atoms with Crippen molar-refractivity contribution in [1.29, 1.82) is 0 Å². The van der Waals surface area contributed by atoms with Crippen LogP contribution in [0.1, 0.15) is 19.8 Å². The van der Waals surface area contributed by atoms with Crippen molar-refractivity contribution in [2.45, 2.75) is 25.3 Å². The Labute approximate surface area is 120 Å². The van der Waals surface area contributed by atoms with Gasteiger partial charge < -0.3 is 10.2 Å². The Kier molecular flexibility index (Phi) is 3.94. The van der Waals surface area contributed by atoms with Crippen LogP contribution in [0.4, 0.5) is 10.1 Å². The first kappa shape index (κ1) is 13.8. The summed E-state index contributed by atoms with van der Waals surface area (Å²) in [7, 11) is 0. The molecule has 1 unspecified atom stereocenters. The lowest BCUT2D eigenvalue weighted by Crippen LogP contribution is -2.54. The van der Waals surface area contributed by atoms with Gasteiger partial charge in [-0.25, -0.2) is 4.39 Å². The largest absolute Gasteiger partial charge is 0.367 e. The number of rotatable bonds is 3. The fourth-order valence-corrected chi connectivity index (χ4v) is 3.44. The minimum absolute atomic E-state index is 0.106. The molecule has 2 aliphatic heterocycles. The second kappa shape index (κ2) is 5.70. The van der Waals surface area contributed by atoms with Gasteiger partial charge in [-0.3, -0.25) is 4.90 Å². The molecule has 0 amide bonds. The zero-order chi connectivity index (χ0) is 14.0. The normalized spacial score (nSPS) is 28.0. The molecule has 20 heavy (non-hydrogen) atoms. The molecule has 2 heterocycles. The third-order valence-corrected chi connectivity index (χ3v) is 4.60. The molecular formula is C16H24FN3. The van der Waals surface area contributed by atoms with Gasteiger partial charge in [0.25, 0.3) is 0 Å². The number of nitrogens with one attached hydrogen (secondary N) is 1. The van der Waals surface area contributed by atoms with E-state index in [1.54, 1.807) is 12.1 Å². The first-order chi connectivity index (χ1) is 9.66. The quantitative estimate of drug-likeness (QED) is 0.912. The van der Waals surface area contributed by atoms with E-state index in [4.69, 9.17) is 0 Å². The summed E-state index contributed by atoms with van der Waals surface area (Å²) in [5.74, 6) is -0.106. The highest BCUT2D eigenvalue weighted by molar-refractivity contribution is 5.47. The molecule has 2 aliphatic rings. The van der Waals surface area contributed by atoms with Crippen LogP contribution < -0.4 is 10.2 Å². The Bertz CT molecular complexity index is 449. The van der Waals surface area contributed by atoms with E-state index in [0.717, 1.165) is 45.0 Å². The zero-order valence-electron chi connectivity index (χ0n) is 12.2. The summed E-state index contributed by atoms with van der Waals surface area (Å²) in [5, 5.41) is 3.62. The van der Waals surface area contributed by atoms with Crippen molar-refractivity contribution in [2.24, 2.45) is 0 Å². The fraction of sp³-hybridized carbons (Fsp3) is 0.625. The van der Waals surface area contributed by atoms with E-state index in [0.29, 0.717) is 0 Å². The molecule has 4 heteroatoms. The molecule has 0 radical (unpaired) electrons. The third kappa shape index (κ3) is 2.96. The van der Waals surface area contributed by atoms with Gasteiger partial charge in [0.1, 0.15) is 5.82 Å². The van der Waals surface area contributed by atoms with Crippen molar-refractivity contribution in [1.82, 2.24) is 10.2 Å². The van der Waals surface area contributed by atoms with E-state index < -0.39 is 0 Å². The number of hydrogen-bond donors (Lipinski definition) is 1. The number of piperazine rings is 1. The predicted molar refractivity (Wildman–Crippen MR) is 80.7 cm³/mol. The molecule has 1 atom stereocenters. The third-order valence-electron chi connectivity index (χ3n) is 4.60. The SMILES string of the molecule is CC1(CN2CCN(c3ccccc3F)CC2)CCCN1. The van der Waals surface area contributed by atoms with Crippen LogP contribution in [-0.2, 0) is 0 Å². The average molecular weight is 277 g/mol. The van der Waals surface area contributed by atoms with Crippen molar-refractivity contribution < 1.29 is 4.39 Å². The molecule has 3 nitrogen and oxygen atoms in total. The summed E-state index contributed by atoms with van der Waals surface area (Å²) in [6.45, 7) is 8.44. The highest BCUT2D eigenvalue weighted by Crippen LogP contribution is 2.23. The van der Waals surface area contributed by atoms with Crippen LogP contribution in [0.2, 0.25) is 0 Å². The summed E-state index contributed by atoms with van der Waals surface area (Å²) in [4.78, 5) is 4.67. The molecule has 0 spiro atoms. The molecule has 0 aliphatic carbocycles. The summed E-state index contributed by atoms with van der Waals surface area (Å²) in [5.41, 5.74) is 1.03. The Hall–Kier alpha value is -1.13. The average Bonchev–Trinajstić information content (AvgIpc) is 2.87. The molecule has 0 aromatic heterocycles. The molecule has 0 bridgehead atoms. The maximum absolute atomic E-state index is 13.8. The minimum Gasteiger partial charge on any atom is -0.367 e. The van der Waals surface area contributed by atoms with Gasteiger partial charge in [-0.15, -0.1) is 0 Å². The Morgan fingerprint density at radius 3 is 2.60 bits per heavy atom. The summed E-state index contributed by atoms with van der Waals surface area (Å²) in [6.07, 6.45) is 2.55. The van der Waals surface area contributed by atoms with E-state index in [2.05, 4.69) is 22.0 Å². The van der Waals surface area contributed by atoms with Crippen LogP contribution >= 0.6 is 0 Å². The molecule has 110 valence electrons. The Balaban J connectivity index is 1.56. The number of anilines is 1. The highest BCUT2D eigenvalue weighted by atomic mass is 19.1. The molecule has 0 saturated carbocycles. The summed E-state index contributed by atoms with van der Waals surface area (Å²) >= 11 is 0.